The van der Waals surface area contributed by atoms with Crippen LogP contribution in [0, 0.1) is 0 Å². The van der Waals surface area contributed by atoms with E-state index in [9.17, 15) is 0 Å². The Hall–Kier alpha value is -4.82. The van der Waals surface area contributed by atoms with E-state index in [-0.39, 0.29) is 0 Å². The molecular formula is C43H42Cl2N10S2. The van der Waals surface area contributed by atoms with Crippen LogP contribution >= 0.6 is 45.9 Å². The van der Waals surface area contributed by atoms with Crippen LogP contribution in [0.3, 0.4) is 0 Å². The Labute approximate surface area is 349 Å². The monoisotopic (exact) mass is 832 g/mol. The Balaban J connectivity index is 0.000000148. The fourth-order valence-electron chi connectivity index (χ4n) is 7.69. The number of halogens is 2. The highest BCUT2D eigenvalue weighted by atomic mass is 35.5. The summed E-state index contributed by atoms with van der Waals surface area (Å²) in [4.78, 5) is 24.1. The van der Waals surface area contributed by atoms with Crippen molar-refractivity contribution in [2.24, 2.45) is 0 Å². The number of anilines is 4. The molecule has 14 heteroatoms. The maximum Gasteiger partial charge on any atom is 0.202 e. The molecule has 0 fully saturated rings. The summed E-state index contributed by atoms with van der Waals surface area (Å²) in [6.45, 7) is 10.4. The van der Waals surface area contributed by atoms with Crippen molar-refractivity contribution in [3.05, 3.63) is 117 Å². The van der Waals surface area contributed by atoms with Crippen molar-refractivity contribution in [3.63, 3.8) is 0 Å². The molecule has 10 rings (SSSR count). The summed E-state index contributed by atoms with van der Waals surface area (Å²) in [6.07, 6.45) is 3.05. The molecule has 0 saturated heterocycles. The average Bonchev–Trinajstić information content (AvgIpc) is 3.85. The number of rotatable bonds is 9. The Morgan fingerprint density at radius 3 is 1.56 bits per heavy atom. The van der Waals surface area contributed by atoms with Gasteiger partial charge in [0.25, 0.3) is 0 Å². The number of pyridine rings is 2. The van der Waals surface area contributed by atoms with Gasteiger partial charge in [-0.25, -0.2) is 9.97 Å². The molecule has 10 nitrogen and oxygen atoms in total. The maximum atomic E-state index is 6.24. The fourth-order valence-corrected chi connectivity index (χ4v) is 9.66. The standard InChI is InChI=1S/C22H22ClN5S.C21H20ClN5S/c1-2-10-28-11-9-17-16(13-28)21(15-8-7-14(23)12-19(15)24-17)26-27-22-25-18-5-3-4-6-20(18)29-22;1-2-27-10-9-16-15(12-27)20(14-8-7-13(22)11-18(14)23-16)25-26-21-24-17-5-3-4-6-19(17)28-21/h3-8,12H,2,9-11,13H2,1H3,(H,24,26)(H,25,27);3-8,11H,2,9-10,12H2,1H3,(H,23,25)(H,24,26). The Morgan fingerprint density at radius 2 is 1.07 bits per heavy atom. The van der Waals surface area contributed by atoms with E-state index in [4.69, 9.17) is 33.2 Å². The van der Waals surface area contributed by atoms with Crippen LogP contribution in [0.2, 0.25) is 10.0 Å². The van der Waals surface area contributed by atoms with Crippen molar-refractivity contribution in [1.29, 1.82) is 0 Å². The molecule has 6 heterocycles. The summed E-state index contributed by atoms with van der Waals surface area (Å²) >= 11 is 15.7. The second-order valence-electron chi connectivity index (χ2n) is 14.3. The van der Waals surface area contributed by atoms with Gasteiger partial charge in [-0.15, -0.1) is 0 Å². The van der Waals surface area contributed by atoms with E-state index >= 15 is 0 Å². The Morgan fingerprint density at radius 1 is 0.579 bits per heavy atom. The van der Waals surface area contributed by atoms with Crippen molar-refractivity contribution in [2.45, 2.75) is 46.2 Å². The molecule has 8 aromatic rings. The van der Waals surface area contributed by atoms with Crippen LogP contribution in [-0.4, -0.2) is 55.9 Å². The maximum absolute atomic E-state index is 6.24. The molecule has 57 heavy (non-hydrogen) atoms. The van der Waals surface area contributed by atoms with Gasteiger partial charge in [0.05, 0.1) is 42.8 Å². The molecule has 0 spiro atoms. The lowest BCUT2D eigenvalue weighted by Gasteiger charge is -2.30. The van der Waals surface area contributed by atoms with E-state index in [2.05, 4.69) is 67.5 Å². The smallest absolute Gasteiger partial charge is 0.202 e. The number of hydrogen-bond donors (Lipinski definition) is 4. The highest BCUT2D eigenvalue weighted by molar-refractivity contribution is 7.22. The number of hydrazine groups is 2. The number of fused-ring (bicyclic) bond motifs is 6. The third-order valence-electron chi connectivity index (χ3n) is 10.5. The summed E-state index contributed by atoms with van der Waals surface area (Å²) in [5.41, 5.74) is 24.4. The topological polar surface area (TPSA) is 106 Å². The summed E-state index contributed by atoms with van der Waals surface area (Å²) in [6, 6.07) is 28.1. The number of nitrogens with zero attached hydrogens (tertiary/aromatic N) is 6. The van der Waals surface area contributed by atoms with Gasteiger partial charge in [-0.05, 0) is 80.2 Å². The van der Waals surface area contributed by atoms with Crippen LogP contribution in [0.15, 0.2) is 84.9 Å². The van der Waals surface area contributed by atoms with E-state index in [0.717, 1.165) is 129 Å². The van der Waals surface area contributed by atoms with Gasteiger partial charge in [-0.3, -0.25) is 41.5 Å². The van der Waals surface area contributed by atoms with Crippen molar-refractivity contribution in [1.82, 2.24) is 29.7 Å². The molecule has 0 aliphatic carbocycles. The first-order valence-electron chi connectivity index (χ1n) is 19.3. The SMILES string of the molecule is CCCN1CCc2nc3cc(Cl)ccc3c(NNc3nc4ccccc4s3)c2C1.CCN1CCc2nc3cc(Cl)ccc3c(NNc3nc4ccccc4s3)c2C1. The minimum absolute atomic E-state index is 0.705. The Bertz CT molecular complexity index is 2670. The predicted octanol–water partition coefficient (Wildman–Crippen LogP) is 11.0. The predicted molar refractivity (Wildman–Crippen MR) is 241 cm³/mol. The first-order valence-corrected chi connectivity index (χ1v) is 21.7. The molecule has 0 atom stereocenters. The molecule has 0 amide bonds. The second-order valence-corrected chi connectivity index (χ2v) is 17.2. The first kappa shape index (κ1) is 37.7. The van der Waals surface area contributed by atoms with Crippen LogP contribution in [0.5, 0.6) is 0 Å². The number of likely N-dealkylation sites (N-methyl/N-ethyl adjacent to an activating group) is 1. The van der Waals surface area contributed by atoms with Gasteiger partial charge in [0, 0.05) is 82.4 Å². The highest BCUT2D eigenvalue weighted by Crippen LogP contribution is 2.36. The van der Waals surface area contributed by atoms with E-state index in [0.29, 0.717) is 10.0 Å². The quantitative estimate of drug-likeness (QED) is 0.105. The molecular weight excluding hydrogens is 792 g/mol. The van der Waals surface area contributed by atoms with Crippen LogP contribution in [0.25, 0.3) is 42.2 Å². The molecule has 0 saturated carbocycles. The zero-order chi connectivity index (χ0) is 38.9. The zero-order valence-corrected chi connectivity index (χ0v) is 34.8. The van der Waals surface area contributed by atoms with E-state index in [1.54, 1.807) is 22.7 Å². The van der Waals surface area contributed by atoms with Crippen LogP contribution in [-0.2, 0) is 25.9 Å². The molecule has 2 aliphatic heterocycles. The third-order valence-corrected chi connectivity index (χ3v) is 12.9. The molecule has 0 unspecified atom stereocenters. The molecule has 0 radical (unpaired) electrons. The lowest BCUT2D eigenvalue weighted by molar-refractivity contribution is 0.253. The molecule has 4 aromatic heterocycles. The number of hydrogen-bond acceptors (Lipinski definition) is 12. The minimum Gasteiger partial charge on any atom is -0.299 e. The molecule has 2 aliphatic rings. The van der Waals surface area contributed by atoms with Gasteiger partial charge in [-0.2, -0.15) is 0 Å². The van der Waals surface area contributed by atoms with Gasteiger partial charge in [0.1, 0.15) is 0 Å². The van der Waals surface area contributed by atoms with Crippen molar-refractivity contribution in [3.8, 4) is 0 Å². The Kier molecular flexibility index (Phi) is 11.0. The van der Waals surface area contributed by atoms with Crippen molar-refractivity contribution >= 4 is 110 Å². The van der Waals surface area contributed by atoms with Crippen LogP contribution in [0.4, 0.5) is 21.6 Å². The largest absolute Gasteiger partial charge is 0.299 e. The second kappa shape index (κ2) is 16.6. The average molecular weight is 834 g/mol. The van der Waals surface area contributed by atoms with Crippen LogP contribution < -0.4 is 21.7 Å². The number of para-hydroxylation sites is 2. The number of aromatic nitrogens is 4. The molecule has 4 aromatic carbocycles. The van der Waals surface area contributed by atoms with Gasteiger partial charge >= 0.3 is 0 Å². The molecule has 4 N–H and O–H groups in total. The molecule has 290 valence electrons. The van der Waals surface area contributed by atoms with Gasteiger partial charge in [0.15, 0.2) is 0 Å². The third kappa shape index (κ3) is 8.03. The first-order chi connectivity index (χ1) is 27.9. The highest BCUT2D eigenvalue weighted by Gasteiger charge is 2.24. The normalized spacial score (nSPS) is 14.3. The van der Waals surface area contributed by atoms with Crippen molar-refractivity contribution in [2.75, 3.05) is 47.9 Å². The summed E-state index contributed by atoms with van der Waals surface area (Å²) in [7, 11) is 0. The number of benzene rings is 4. The van der Waals surface area contributed by atoms with Gasteiger partial charge in [-0.1, -0.05) is 84.0 Å². The fraction of sp³-hybridized carbons (Fsp3) is 0.256. The van der Waals surface area contributed by atoms with E-state index < -0.39 is 0 Å². The lowest BCUT2D eigenvalue weighted by Crippen LogP contribution is -2.32. The summed E-state index contributed by atoms with van der Waals surface area (Å²) in [5, 5.41) is 5.24. The van der Waals surface area contributed by atoms with E-state index in [1.807, 2.05) is 72.8 Å². The summed E-state index contributed by atoms with van der Waals surface area (Å²) < 4.78 is 2.33. The van der Waals surface area contributed by atoms with Crippen molar-refractivity contribution < 1.29 is 0 Å². The van der Waals surface area contributed by atoms with E-state index in [1.165, 1.54) is 15.8 Å². The minimum atomic E-state index is 0.705. The lowest BCUT2D eigenvalue weighted by atomic mass is 10.00. The number of nitrogens with one attached hydrogen (secondary N) is 4. The zero-order valence-electron chi connectivity index (χ0n) is 31.7. The summed E-state index contributed by atoms with van der Waals surface area (Å²) in [5.74, 6) is 0. The van der Waals surface area contributed by atoms with Gasteiger partial charge in [0.2, 0.25) is 10.3 Å². The molecule has 0 bridgehead atoms. The van der Waals surface area contributed by atoms with Crippen LogP contribution in [0.1, 0.15) is 42.8 Å². The van der Waals surface area contributed by atoms with Gasteiger partial charge < -0.3 is 0 Å². The number of thiazole rings is 2.